The fourth-order valence-corrected chi connectivity index (χ4v) is 2.33. The standard InChI is InChI=1S/C15H20F3N5.ClH/c1-10-5-7-23(8-6-10)14(20)22-13(19)21-12-4-2-3-11(9-12)15(16,17)18;/h2-4,9-10H,5-8H2,1H3,(H4,19,20,21,22);1H. The highest BCUT2D eigenvalue weighted by atomic mass is 35.5. The quantitative estimate of drug-likeness (QED) is 0.594. The number of piperidine rings is 1. The van der Waals surface area contributed by atoms with Gasteiger partial charge in [-0.1, -0.05) is 13.0 Å². The molecule has 1 aromatic rings. The lowest BCUT2D eigenvalue weighted by molar-refractivity contribution is -0.137. The fraction of sp³-hybridized carbons (Fsp3) is 0.467. The molecule has 1 heterocycles. The summed E-state index contributed by atoms with van der Waals surface area (Å²) in [6.07, 6.45) is -2.39. The molecule has 0 amide bonds. The number of aliphatic imine (C=N–C) groups is 2. The maximum atomic E-state index is 12.7. The van der Waals surface area contributed by atoms with E-state index in [1.54, 1.807) is 0 Å². The van der Waals surface area contributed by atoms with E-state index in [1.807, 2.05) is 4.90 Å². The smallest absolute Gasteiger partial charge is 0.369 e. The summed E-state index contributed by atoms with van der Waals surface area (Å²) in [5.74, 6) is 0.723. The molecule has 0 atom stereocenters. The van der Waals surface area contributed by atoms with Gasteiger partial charge in [-0.15, -0.1) is 12.4 Å². The van der Waals surface area contributed by atoms with E-state index in [9.17, 15) is 13.2 Å². The number of benzene rings is 1. The second-order valence-corrected chi connectivity index (χ2v) is 5.66. The molecule has 0 bridgehead atoms. The van der Waals surface area contributed by atoms with Crippen LogP contribution >= 0.6 is 12.4 Å². The topological polar surface area (TPSA) is 80.0 Å². The molecule has 134 valence electrons. The van der Waals surface area contributed by atoms with Crippen molar-refractivity contribution in [2.24, 2.45) is 27.4 Å². The summed E-state index contributed by atoms with van der Waals surface area (Å²) in [6, 6.07) is 4.59. The zero-order valence-electron chi connectivity index (χ0n) is 13.3. The fourth-order valence-electron chi connectivity index (χ4n) is 2.33. The summed E-state index contributed by atoms with van der Waals surface area (Å²) < 4.78 is 38.0. The highest BCUT2D eigenvalue weighted by molar-refractivity contribution is 5.94. The Morgan fingerprint density at radius 1 is 1.21 bits per heavy atom. The van der Waals surface area contributed by atoms with Crippen LogP contribution in [0.15, 0.2) is 34.3 Å². The van der Waals surface area contributed by atoms with E-state index in [-0.39, 0.29) is 30.0 Å². The lowest BCUT2D eigenvalue weighted by Gasteiger charge is -2.30. The van der Waals surface area contributed by atoms with Gasteiger partial charge in [0.2, 0.25) is 5.96 Å². The first kappa shape index (κ1) is 20.1. The largest absolute Gasteiger partial charge is 0.416 e. The van der Waals surface area contributed by atoms with E-state index in [0.29, 0.717) is 5.92 Å². The molecule has 1 saturated heterocycles. The van der Waals surface area contributed by atoms with E-state index in [2.05, 4.69) is 16.9 Å². The molecule has 0 spiro atoms. The van der Waals surface area contributed by atoms with E-state index in [4.69, 9.17) is 11.5 Å². The minimum atomic E-state index is -4.42. The van der Waals surface area contributed by atoms with Gasteiger partial charge in [-0.3, -0.25) is 0 Å². The molecule has 1 aliphatic rings. The Labute approximate surface area is 145 Å². The number of hydrogen-bond acceptors (Lipinski definition) is 1. The molecule has 0 saturated carbocycles. The van der Waals surface area contributed by atoms with Crippen molar-refractivity contribution < 1.29 is 13.2 Å². The monoisotopic (exact) mass is 363 g/mol. The Bertz CT molecular complexity index is 607. The lowest BCUT2D eigenvalue weighted by Crippen LogP contribution is -2.43. The number of nitrogens with two attached hydrogens (primary N) is 2. The van der Waals surface area contributed by atoms with Gasteiger partial charge in [-0.05, 0) is 37.0 Å². The van der Waals surface area contributed by atoms with Crippen molar-refractivity contribution in [2.45, 2.75) is 25.9 Å². The van der Waals surface area contributed by atoms with Crippen LogP contribution in [-0.4, -0.2) is 29.9 Å². The second kappa shape index (κ2) is 8.23. The first-order valence-electron chi connectivity index (χ1n) is 7.36. The number of rotatable bonds is 1. The average molecular weight is 364 g/mol. The highest BCUT2D eigenvalue weighted by Crippen LogP contribution is 2.31. The average Bonchev–Trinajstić information content (AvgIpc) is 2.47. The van der Waals surface area contributed by atoms with Gasteiger partial charge in [-0.25, -0.2) is 4.99 Å². The molecule has 0 aliphatic carbocycles. The first-order chi connectivity index (χ1) is 10.8. The van der Waals surface area contributed by atoms with Crippen LogP contribution in [0, 0.1) is 5.92 Å². The zero-order valence-corrected chi connectivity index (χ0v) is 14.1. The molecular weight excluding hydrogens is 343 g/mol. The summed E-state index contributed by atoms with van der Waals surface area (Å²) in [4.78, 5) is 9.76. The maximum Gasteiger partial charge on any atom is 0.416 e. The highest BCUT2D eigenvalue weighted by Gasteiger charge is 2.30. The maximum absolute atomic E-state index is 12.7. The summed E-state index contributed by atoms with van der Waals surface area (Å²) in [5, 5.41) is 0. The summed E-state index contributed by atoms with van der Waals surface area (Å²) in [6.45, 7) is 3.74. The number of guanidine groups is 2. The van der Waals surface area contributed by atoms with Crippen LogP contribution in [-0.2, 0) is 6.18 Å². The van der Waals surface area contributed by atoms with Crippen molar-refractivity contribution in [3.63, 3.8) is 0 Å². The summed E-state index contributed by atoms with van der Waals surface area (Å²) in [7, 11) is 0. The number of nitrogens with zero attached hydrogens (tertiary/aromatic N) is 3. The predicted octanol–water partition coefficient (Wildman–Crippen LogP) is 3.12. The van der Waals surface area contributed by atoms with Crippen molar-refractivity contribution in [3.8, 4) is 0 Å². The Balaban J connectivity index is 0.00000288. The molecule has 0 aromatic heterocycles. The van der Waals surface area contributed by atoms with Gasteiger partial charge in [0.15, 0.2) is 5.96 Å². The van der Waals surface area contributed by atoms with Crippen LogP contribution in [0.1, 0.15) is 25.3 Å². The van der Waals surface area contributed by atoms with Gasteiger partial charge >= 0.3 is 6.18 Å². The molecule has 24 heavy (non-hydrogen) atoms. The van der Waals surface area contributed by atoms with Crippen molar-refractivity contribution in [1.29, 1.82) is 0 Å². The number of halogens is 4. The van der Waals surface area contributed by atoms with Crippen molar-refractivity contribution >= 4 is 30.0 Å². The molecule has 0 unspecified atom stereocenters. The van der Waals surface area contributed by atoms with Gasteiger partial charge in [0, 0.05) is 13.1 Å². The molecule has 9 heteroatoms. The van der Waals surface area contributed by atoms with Crippen LogP contribution in [0.3, 0.4) is 0 Å². The van der Waals surface area contributed by atoms with Crippen molar-refractivity contribution in [2.75, 3.05) is 13.1 Å². The Hall–Kier alpha value is -1.96. The summed E-state index contributed by atoms with van der Waals surface area (Å²) >= 11 is 0. The van der Waals surface area contributed by atoms with Crippen LogP contribution in [0.2, 0.25) is 0 Å². The third-order valence-corrected chi connectivity index (χ3v) is 3.75. The van der Waals surface area contributed by atoms with E-state index in [1.165, 1.54) is 12.1 Å². The molecule has 5 nitrogen and oxygen atoms in total. The predicted molar refractivity (Wildman–Crippen MR) is 91.6 cm³/mol. The zero-order chi connectivity index (χ0) is 17.0. The number of alkyl halides is 3. The minimum Gasteiger partial charge on any atom is -0.369 e. The molecular formula is C15H21ClF3N5. The normalized spacial score (nSPS) is 17.6. The van der Waals surface area contributed by atoms with Crippen LogP contribution in [0.4, 0.5) is 18.9 Å². The molecule has 1 aromatic carbocycles. The SMILES string of the molecule is CC1CCN(C(N)=NC(N)=Nc2cccc(C(F)(F)F)c2)CC1.Cl. The van der Waals surface area contributed by atoms with Gasteiger partial charge in [0.1, 0.15) is 0 Å². The van der Waals surface area contributed by atoms with E-state index in [0.717, 1.165) is 38.1 Å². The molecule has 2 rings (SSSR count). The molecule has 4 N–H and O–H groups in total. The van der Waals surface area contributed by atoms with Gasteiger partial charge in [-0.2, -0.15) is 18.2 Å². The van der Waals surface area contributed by atoms with E-state index >= 15 is 0 Å². The third-order valence-electron chi connectivity index (χ3n) is 3.75. The van der Waals surface area contributed by atoms with Crippen molar-refractivity contribution in [1.82, 2.24) is 4.90 Å². The van der Waals surface area contributed by atoms with Gasteiger partial charge in [0.25, 0.3) is 0 Å². The second-order valence-electron chi connectivity index (χ2n) is 5.66. The van der Waals surface area contributed by atoms with Crippen LogP contribution in [0.25, 0.3) is 0 Å². The van der Waals surface area contributed by atoms with Crippen molar-refractivity contribution in [3.05, 3.63) is 29.8 Å². The molecule has 0 radical (unpaired) electrons. The Kier molecular flexibility index (Phi) is 6.89. The Morgan fingerprint density at radius 2 is 1.83 bits per heavy atom. The van der Waals surface area contributed by atoms with Crippen LogP contribution in [0.5, 0.6) is 0 Å². The van der Waals surface area contributed by atoms with Gasteiger partial charge < -0.3 is 16.4 Å². The molecule has 1 aliphatic heterocycles. The first-order valence-corrected chi connectivity index (χ1v) is 7.36. The number of hydrogen-bond donors (Lipinski definition) is 2. The third kappa shape index (κ3) is 5.59. The Morgan fingerprint density at radius 3 is 2.42 bits per heavy atom. The van der Waals surface area contributed by atoms with Crippen LogP contribution < -0.4 is 11.5 Å². The minimum absolute atomic E-state index is 0. The van der Waals surface area contributed by atoms with Gasteiger partial charge in [0.05, 0.1) is 11.3 Å². The number of likely N-dealkylation sites (tertiary alicyclic amines) is 1. The van der Waals surface area contributed by atoms with E-state index < -0.39 is 11.7 Å². The molecule has 1 fully saturated rings. The lowest BCUT2D eigenvalue weighted by atomic mass is 10.00. The summed E-state index contributed by atoms with van der Waals surface area (Å²) in [5.41, 5.74) is 10.9.